The fourth-order valence-corrected chi connectivity index (χ4v) is 2.89. The van der Waals surface area contributed by atoms with Crippen molar-refractivity contribution in [1.82, 2.24) is 4.98 Å². The van der Waals surface area contributed by atoms with Crippen molar-refractivity contribution >= 4 is 33.1 Å². The highest BCUT2D eigenvalue weighted by atomic mass is 79.9. The molecule has 0 amide bonds. The molecule has 0 aliphatic carbocycles. The van der Waals surface area contributed by atoms with E-state index in [1.807, 2.05) is 6.07 Å². The van der Waals surface area contributed by atoms with Gasteiger partial charge in [-0.2, -0.15) is 0 Å². The number of nitrogen functional groups attached to an aromatic ring is 1. The van der Waals surface area contributed by atoms with E-state index >= 15 is 0 Å². The second-order valence-electron chi connectivity index (χ2n) is 4.62. The summed E-state index contributed by atoms with van der Waals surface area (Å²) < 4.78 is 0.906. The van der Waals surface area contributed by atoms with Crippen molar-refractivity contribution < 1.29 is 0 Å². The second kappa shape index (κ2) is 4.28. The van der Waals surface area contributed by atoms with Crippen molar-refractivity contribution in [3.63, 3.8) is 0 Å². The van der Waals surface area contributed by atoms with E-state index in [9.17, 15) is 0 Å². The third-order valence-corrected chi connectivity index (χ3v) is 3.73. The lowest BCUT2D eigenvalue weighted by atomic mass is 10.1. The van der Waals surface area contributed by atoms with Crippen LogP contribution in [-0.4, -0.2) is 11.0 Å². The summed E-state index contributed by atoms with van der Waals surface area (Å²) >= 11 is 3.39. The van der Waals surface area contributed by atoms with Crippen LogP contribution in [0.15, 0.2) is 41.0 Å². The molecular formula is C14H14BrN3. The van der Waals surface area contributed by atoms with Gasteiger partial charge in [0.15, 0.2) is 5.82 Å². The third-order valence-electron chi connectivity index (χ3n) is 3.30. The lowest BCUT2D eigenvalue weighted by Crippen LogP contribution is -2.25. The standard InChI is InChI=1S/C14H14BrN3/c1-9-6-10-4-2-3-5-13(10)18(9)14-12(16)7-11(15)8-17-14/h2-5,7-9H,6,16H2,1H3. The maximum absolute atomic E-state index is 6.09. The molecule has 0 spiro atoms. The van der Waals surface area contributed by atoms with Gasteiger partial charge in [-0.15, -0.1) is 0 Å². The van der Waals surface area contributed by atoms with E-state index in [0.29, 0.717) is 11.7 Å². The molecule has 4 heteroatoms. The molecule has 1 aromatic carbocycles. The molecule has 18 heavy (non-hydrogen) atoms. The first-order valence-electron chi connectivity index (χ1n) is 5.95. The van der Waals surface area contributed by atoms with E-state index in [4.69, 9.17) is 5.73 Å². The maximum Gasteiger partial charge on any atom is 0.156 e. The Morgan fingerprint density at radius 2 is 2.17 bits per heavy atom. The van der Waals surface area contributed by atoms with Crippen molar-refractivity contribution in [1.29, 1.82) is 0 Å². The van der Waals surface area contributed by atoms with Gasteiger partial charge in [-0.1, -0.05) is 18.2 Å². The Kier molecular flexibility index (Phi) is 2.74. The van der Waals surface area contributed by atoms with E-state index in [1.165, 1.54) is 11.3 Å². The van der Waals surface area contributed by atoms with Gasteiger partial charge in [-0.3, -0.25) is 0 Å². The predicted octanol–water partition coefficient (Wildman–Crippen LogP) is 3.51. The van der Waals surface area contributed by atoms with Crippen LogP contribution in [0.4, 0.5) is 17.2 Å². The van der Waals surface area contributed by atoms with Crippen LogP contribution in [0.2, 0.25) is 0 Å². The van der Waals surface area contributed by atoms with Gasteiger partial charge < -0.3 is 10.6 Å². The van der Waals surface area contributed by atoms with Crippen molar-refractivity contribution in [2.45, 2.75) is 19.4 Å². The van der Waals surface area contributed by atoms with Gasteiger partial charge in [-0.05, 0) is 47.0 Å². The number of para-hydroxylation sites is 1. The van der Waals surface area contributed by atoms with Crippen LogP contribution in [0.25, 0.3) is 0 Å². The molecular weight excluding hydrogens is 290 g/mol. The van der Waals surface area contributed by atoms with Gasteiger partial charge in [0.25, 0.3) is 0 Å². The lowest BCUT2D eigenvalue weighted by Gasteiger charge is -2.25. The SMILES string of the molecule is CC1Cc2ccccc2N1c1ncc(Br)cc1N. The molecule has 1 unspecified atom stereocenters. The normalized spacial score (nSPS) is 17.9. The predicted molar refractivity (Wildman–Crippen MR) is 78.1 cm³/mol. The zero-order chi connectivity index (χ0) is 12.7. The lowest BCUT2D eigenvalue weighted by molar-refractivity contribution is 0.751. The Bertz CT molecular complexity index is 597. The van der Waals surface area contributed by atoms with Crippen LogP contribution in [0.1, 0.15) is 12.5 Å². The quantitative estimate of drug-likeness (QED) is 0.876. The molecule has 0 fully saturated rings. The zero-order valence-electron chi connectivity index (χ0n) is 10.1. The first kappa shape index (κ1) is 11.5. The first-order chi connectivity index (χ1) is 8.66. The summed E-state index contributed by atoms with van der Waals surface area (Å²) in [5, 5.41) is 0. The minimum absolute atomic E-state index is 0.387. The molecule has 3 nitrogen and oxygen atoms in total. The molecule has 3 rings (SSSR count). The number of halogens is 1. The zero-order valence-corrected chi connectivity index (χ0v) is 11.7. The van der Waals surface area contributed by atoms with E-state index in [0.717, 1.165) is 16.7 Å². The van der Waals surface area contributed by atoms with E-state index < -0.39 is 0 Å². The monoisotopic (exact) mass is 303 g/mol. The number of hydrogen-bond donors (Lipinski definition) is 1. The minimum atomic E-state index is 0.387. The van der Waals surface area contributed by atoms with Crippen LogP contribution >= 0.6 is 15.9 Å². The number of pyridine rings is 1. The number of benzene rings is 1. The molecule has 0 radical (unpaired) electrons. The minimum Gasteiger partial charge on any atom is -0.396 e. The van der Waals surface area contributed by atoms with E-state index in [2.05, 4.69) is 57.0 Å². The summed E-state index contributed by atoms with van der Waals surface area (Å²) in [6.45, 7) is 2.20. The number of nitrogens with two attached hydrogens (primary N) is 1. The fourth-order valence-electron chi connectivity index (χ4n) is 2.54. The largest absolute Gasteiger partial charge is 0.396 e. The molecule has 1 atom stereocenters. The molecule has 0 saturated heterocycles. The summed E-state index contributed by atoms with van der Waals surface area (Å²) in [5.74, 6) is 0.843. The van der Waals surface area contributed by atoms with Crippen LogP contribution < -0.4 is 10.6 Å². The molecule has 2 aromatic rings. The third kappa shape index (κ3) is 1.77. The average Bonchev–Trinajstić information content (AvgIpc) is 2.66. The van der Waals surface area contributed by atoms with Crippen LogP contribution in [0, 0.1) is 0 Å². The Hall–Kier alpha value is -1.55. The maximum atomic E-state index is 6.09. The highest BCUT2D eigenvalue weighted by molar-refractivity contribution is 9.10. The van der Waals surface area contributed by atoms with Crippen molar-refractivity contribution in [3.8, 4) is 0 Å². The van der Waals surface area contributed by atoms with Gasteiger partial charge in [-0.25, -0.2) is 4.98 Å². The number of nitrogens with zero attached hydrogens (tertiary/aromatic N) is 2. The van der Waals surface area contributed by atoms with Crippen molar-refractivity contribution in [2.75, 3.05) is 10.6 Å². The molecule has 1 aliphatic rings. The molecule has 92 valence electrons. The van der Waals surface area contributed by atoms with Gasteiger partial charge in [0.2, 0.25) is 0 Å². The second-order valence-corrected chi connectivity index (χ2v) is 5.53. The summed E-state index contributed by atoms with van der Waals surface area (Å²) in [7, 11) is 0. The molecule has 2 N–H and O–H groups in total. The van der Waals surface area contributed by atoms with Gasteiger partial charge >= 0.3 is 0 Å². The fraction of sp³-hybridized carbons (Fsp3) is 0.214. The van der Waals surface area contributed by atoms with Gasteiger partial charge in [0.1, 0.15) is 0 Å². The number of anilines is 3. The van der Waals surface area contributed by atoms with E-state index in [1.54, 1.807) is 6.20 Å². The van der Waals surface area contributed by atoms with Crippen LogP contribution in [0.3, 0.4) is 0 Å². The summed E-state index contributed by atoms with van der Waals surface area (Å²) in [4.78, 5) is 6.68. The highest BCUT2D eigenvalue weighted by Gasteiger charge is 2.28. The van der Waals surface area contributed by atoms with Crippen molar-refractivity contribution in [2.24, 2.45) is 0 Å². The number of rotatable bonds is 1. The summed E-state index contributed by atoms with van der Waals surface area (Å²) in [5.41, 5.74) is 9.36. The number of fused-ring (bicyclic) bond motifs is 1. The summed E-state index contributed by atoms with van der Waals surface area (Å²) in [6.07, 6.45) is 2.83. The van der Waals surface area contributed by atoms with Crippen molar-refractivity contribution in [3.05, 3.63) is 46.6 Å². The Morgan fingerprint density at radius 1 is 1.39 bits per heavy atom. The molecule has 0 bridgehead atoms. The molecule has 1 aliphatic heterocycles. The Balaban J connectivity index is 2.12. The summed E-state index contributed by atoms with van der Waals surface area (Å²) in [6, 6.07) is 10.7. The smallest absolute Gasteiger partial charge is 0.156 e. The Morgan fingerprint density at radius 3 is 2.94 bits per heavy atom. The number of hydrogen-bond acceptors (Lipinski definition) is 3. The molecule has 1 aromatic heterocycles. The van der Waals surface area contributed by atoms with Crippen LogP contribution in [-0.2, 0) is 6.42 Å². The first-order valence-corrected chi connectivity index (χ1v) is 6.74. The molecule has 2 heterocycles. The Labute approximate surface area is 115 Å². The van der Waals surface area contributed by atoms with Crippen LogP contribution in [0.5, 0.6) is 0 Å². The molecule has 0 saturated carbocycles. The van der Waals surface area contributed by atoms with E-state index in [-0.39, 0.29) is 0 Å². The average molecular weight is 304 g/mol. The topological polar surface area (TPSA) is 42.2 Å². The van der Waals surface area contributed by atoms with Gasteiger partial charge in [0.05, 0.1) is 5.69 Å². The number of aromatic nitrogens is 1. The highest BCUT2D eigenvalue weighted by Crippen LogP contribution is 2.39. The van der Waals surface area contributed by atoms with Gasteiger partial charge in [0, 0.05) is 22.4 Å².